The second-order valence-electron chi connectivity index (χ2n) is 7.56. The predicted molar refractivity (Wildman–Crippen MR) is 99.3 cm³/mol. The van der Waals surface area contributed by atoms with Crippen LogP contribution < -0.4 is 5.43 Å². The maximum atomic E-state index is 13.2. The van der Waals surface area contributed by atoms with E-state index in [2.05, 4.69) is 20.6 Å². The van der Waals surface area contributed by atoms with E-state index in [1.807, 2.05) is 20.8 Å². The van der Waals surface area contributed by atoms with E-state index in [-0.39, 0.29) is 11.5 Å². The molecule has 1 N–H and O–H groups in total. The molecule has 0 amide bonds. The molecule has 0 radical (unpaired) electrons. The maximum Gasteiger partial charge on any atom is 0.433 e. The molecular weight excluding hydrogens is 412 g/mol. The maximum absolute atomic E-state index is 13.2. The Hall–Kier alpha value is -3.11. The zero-order valence-corrected chi connectivity index (χ0v) is 16.1. The van der Waals surface area contributed by atoms with Crippen LogP contribution in [-0.2, 0) is 17.8 Å². The number of nitrogens with zero attached hydrogens (tertiary/aromatic N) is 4. The van der Waals surface area contributed by atoms with Gasteiger partial charge in [0.15, 0.2) is 17.2 Å². The first-order valence-corrected chi connectivity index (χ1v) is 8.70. The number of halogens is 6. The lowest BCUT2D eigenvalue weighted by molar-refractivity contribution is -0.141. The molecule has 0 atom stereocenters. The molecule has 3 rings (SSSR count). The van der Waals surface area contributed by atoms with Crippen molar-refractivity contribution in [3.05, 3.63) is 58.9 Å². The summed E-state index contributed by atoms with van der Waals surface area (Å²) < 4.78 is 78.6. The quantitative estimate of drug-likeness (QED) is 0.339. The first-order chi connectivity index (χ1) is 13.7. The Morgan fingerprint density at radius 3 is 2.07 bits per heavy atom. The van der Waals surface area contributed by atoms with Crippen molar-refractivity contribution >= 4 is 17.7 Å². The van der Waals surface area contributed by atoms with E-state index >= 15 is 0 Å². The monoisotopic (exact) mass is 429 g/mol. The molecule has 0 aliphatic heterocycles. The van der Waals surface area contributed by atoms with Gasteiger partial charge in [0, 0.05) is 17.5 Å². The Bertz CT molecular complexity index is 1070. The molecule has 0 fully saturated rings. The lowest BCUT2D eigenvalue weighted by Crippen LogP contribution is -2.13. The van der Waals surface area contributed by atoms with Crippen molar-refractivity contribution in [1.82, 2.24) is 14.6 Å². The molecular formula is C19H17F6N5. The van der Waals surface area contributed by atoms with Crippen LogP contribution >= 0.6 is 0 Å². The summed E-state index contributed by atoms with van der Waals surface area (Å²) in [5, 5.41) is 8.13. The third-order valence-electron chi connectivity index (χ3n) is 4.12. The van der Waals surface area contributed by atoms with Gasteiger partial charge in [0.2, 0.25) is 0 Å². The van der Waals surface area contributed by atoms with Crippen LogP contribution in [-0.4, -0.2) is 20.8 Å². The van der Waals surface area contributed by atoms with E-state index in [4.69, 9.17) is 0 Å². The van der Waals surface area contributed by atoms with Gasteiger partial charge in [0.1, 0.15) is 0 Å². The molecule has 0 aliphatic carbocycles. The van der Waals surface area contributed by atoms with Gasteiger partial charge in [-0.2, -0.15) is 41.1 Å². The Kier molecular flexibility index (Phi) is 5.25. The molecule has 5 nitrogen and oxygen atoms in total. The zero-order valence-electron chi connectivity index (χ0n) is 16.1. The normalized spacial score (nSPS) is 13.4. The fourth-order valence-electron chi connectivity index (χ4n) is 2.50. The third-order valence-corrected chi connectivity index (χ3v) is 4.12. The highest BCUT2D eigenvalue weighted by Gasteiger charge is 2.34. The number of aromatic nitrogens is 3. The molecule has 1 aromatic carbocycles. The fourth-order valence-corrected chi connectivity index (χ4v) is 2.50. The minimum atomic E-state index is -4.68. The summed E-state index contributed by atoms with van der Waals surface area (Å²) in [7, 11) is 0. The Morgan fingerprint density at radius 1 is 0.900 bits per heavy atom. The van der Waals surface area contributed by atoms with Crippen LogP contribution in [0.3, 0.4) is 0 Å². The molecule has 0 unspecified atom stereocenters. The number of hydrogen-bond acceptors (Lipinski definition) is 4. The van der Waals surface area contributed by atoms with Crippen molar-refractivity contribution < 1.29 is 26.3 Å². The van der Waals surface area contributed by atoms with Crippen molar-refractivity contribution in [2.24, 2.45) is 5.10 Å². The van der Waals surface area contributed by atoms with Crippen LogP contribution in [0.1, 0.15) is 43.3 Å². The zero-order chi connectivity index (χ0) is 22.3. The highest BCUT2D eigenvalue weighted by atomic mass is 19.4. The number of nitrogens with one attached hydrogen (secondary N) is 1. The Balaban J connectivity index is 1.94. The SMILES string of the molecule is CC(C)(C)c1cc2nc(C(F)(F)F)cc(N/N=C\c3ccc(C(F)(F)F)cc3)n2n1. The first kappa shape index (κ1) is 21.6. The van der Waals surface area contributed by atoms with Gasteiger partial charge in [-0.1, -0.05) is 32.9 Å². The molecule has 160 valence electrons. The lowest BCUT2D eigenvalue weighted by Gasteiger charge is -2.13. The average molecular weight is 429 g/mol. The van der Waals surface area contributed by atoms with E-state index in [1.54, 1.807) is 0 Å². The minimum absolute atomic E-state index is 0.0121. The van der Waals surface area contributed by atoms with Crippen molar-refractivity contribution in [2.45, 2.75) is 38.5 Å². The molecule has 11 heteroatoms. The molecule has 0 aliphatic rings. The largest absolute Gasteiger partial charge is 0.433 e. The first-order valence-electron chi connectivity index (χ1n) is 8.70. The van der Waals surface area contributed by atoms with Gasteiger partial charge in [0.25, 0.3) is 0 Å². The van der Waals surface area contributed by atoms with Crippen molar-refractivity contribution in [2.75, 3.05) is 5.43 Å². The molecule has 2 aromatic heterocycles. The number of alkyl halides is 6. The number of benzene rings is 1. The summed E-state index contributed by atoms with van der Waals surface area (Å²) >= 11 is 0. The average Bonchev–Trinajstić information content (AvgIpc) is 3.05. The van der Waals surface area contributed by atoms with Crippen LogP contribution in [0.25, 0.3) is 5.65 Å². The molecule has 2 heterocycles. The van der Waals surface area contributed by atoms with Crippen LogP contribution in [0.2, 0.25) is 0 Å². The topological polar surface area (TPSA) is 54.6 Å². The summed E-state index contributed by atoms with van der Waals surface area (Å²) in [6.45, 7) is 5.57. The van der Waals surface area contributed by atoms with Crippen LogP contribution in [0.5, 0.6) is 0 Å². The van der Waals surface area contributed by atoms with Crippen LogP contribution in [0.15, 0.2) is 41.5 Å². The number of hydrazone groups is 1. The summed E-state index contributed by atoms with van der Waals surface area (Å²) in [6.07, 6.45) is -7.95. The molecule has 3 aromatic rings. The molecule has 0 saturated heterocycles. The van der Waals surface area contributed by atoms with E-state index < -0.39 is 29.0 Å². The van der Waals surface area contributed by atoms with E-state index in [0.29, 0.717) is 11.3 Å². The highest BCUT2D eigenvalue weighted by Crippen LogP contribution is 2.31. The van der Waals surface area contributed by atoms with Crippen molar-refractivity contribution in [3.63, 3.8) is 0 Å². The van der Waals surface area contributed by atoms with Gasteiger partial charge >= 0.3 is 12.4 Å². The molecule has 30 heavy (non-hydrogen) atoms. The van der Waals surface area contributed by atoms with E-state index in [1.165, 1.54) is 28.9 Å². The second kappa shape index (κ2) is 7.29. The molecule has 0 bridgehead atoms. The Morgan fingerprint density at radius 2 is 1.53 bits per heavy atom. The van der Waals surface area contributed by atoms with Gasteiger partial charge in [-0.25, -0.2) is 4.98 Å². The summed E-state index contributed by atoms with van der Waals surface area (Å²) in [5.74, 6) is -0.0917. The molecule has 0 saturated carbocycles. The Labute approximate surface area is 167 Å². The fraction of sp³-hybridized carbons (Fsp3) is 0.316. The van der Waals surface area contributed by atoms with Crippen LogP contribution in [0.4, 0.5) is 32.2 Å². The number of anilines is 1. The number of rotatable bonds is 3. The predicted octanol–water partition coefficient (Wildman–Crippen LogP) is 5.51. The van der Waals surface area contributed by atoms with E-state index in [9.17, 15) is 26.3 Å². The van der Waals surface area contributed by atoms with Gasteiger partial charge < -0.3 is 0 Å². The lowest BCUT2D eigenvalue weighted by atomic mass is 9.93. The summed E-state index contributed by atoms with van der Waals surface area (Å²) in [6, 6.07) is 6.38. The van der Waals surface area contributed by atoms with Crippen LogP contribution in [0, 0.1) is 0 Å². The summed E-state index contributed by atoms with van der Waals surface area (Å²) in [5.41, 5.74) is 0.950. The van der Waals surface area contributed by atoms with Crippen molar-refractivity contribution in [3.8, 4) is 0 Å². The smallest absolute Gasteiger partial charge is 0.261 e. The third kappa shape index (κ3) is 4.71. The van der Waals surface area contributed by atoms with E-state index in [0.717, 1.165) is 18.2 Å². The van der Waals surface area contributed by atoms with Gasteiger partial charge in [-0.05, 0) is 17.7 Å². The standard InChI is InChI=1S/C19H17F6N5/c1-17(2,3)13-8-15-27-14(19(23,24)25)9-16(30(15)29-13)28-26-10-11-4-6-12(7-5-11)18(20,21)22/h4-10,28H,1-3H3/b26-10-. The second-order valence-corrected chi connectivity index (χ2v) is 7.56. The van der Waals surface area contributed by atoms with Gasteiger partial charge in [0.05, 0.1) is 17.5 Å². The highest BCUT2D eigenvalue weighted by molar-refractivity contribution is 5.80. The van der Waals surface area contributed by atoms with Gasteiger partial charge in [-0.15, -0.1) is 0 Å². The number of hydrogen-bond donors (Lipinski definition) is 1. The summed E-state index contributed by atoms with van der Waals surface area (Å²) in [4.78, 5) is 3.62. The minimum Gasteiger partial charge on any atom is -0.261 e. The van der Waals surface area contributed by atoms with Gasteiger partial charge in [-0.3, -0.25) is 5.43 Å². The molecule has 0 spiro atoms. The van der Waals surface area contributed by atoms with Crippen molar-refractivity contribution in [1.29, 1.82) is 0 Å². The number of fused-ring (bicyclic) bond motifs is 1.